The van der Waals surface area contributed by atoms with E-state index < -0.39 is 5.82 Å². The van der Waals surface area contributed by atoms with Gasteiger partial charge in [0.1, 0.15) is 5.82 Å². The van der Waals surface area contributed by atoms with Gasteiger partial charge in [0.25, 0.3) is 0 Å². The normalized spacial score (nSPS) is 14.0. The lowest BCUT2D eigenvalue weighted by Gasteiger charge is -2.26. The van der Waals surface area contributed by atoms with Crippen LogP contribution in [0.5, 0.6) is 0 Å². The molecule has 1 aliphatic carbocycles. The molecule has 4 nitrogen and oxygen atoms in total. The number of nitrogens with one attached hydrogen (secondary N) is 2. The maximum atomic E-state index is 13.7. The Labute approximate surface area is 111 Å². The highest BCUT2D eigenvalue weighted by Crippen LogP contribution is 2.19. The minimum atomic E-state index is -0.507. The highest BCUT2D eigenvalue weighted by atomic mass is 19.1. The molecule has 1 aromatic rings. The van der Waals surface area contributed by atoms with Crippen LogP contribution < -0.4 is 16.4 Å². The first kappa shape index (κ1) is 13.4. The largest absolute Gasteiger partial charge is 0.335 e. The minimum Gasteiger partial charge on any atom is -0.335 e. The van der Waals surface area contributed by atoms with Gasteiger partial charge in [0.2, 0.25) is 0 Å². The Bertz CT molecular complexity index is 529. The Balaban J connectivity index is 1.97. The molecular formula is C14H16FN3O. The van der Waals surface area contributed by atoms with Crippen LogP contribution in [0.3, 0.4) is 0 Å². The average Bonchev–Trinajstić information content (AvgIpc) is 2.34. The molecular weight excluding hydrogens is 245 g/mol. The van der Waals surface area contributed by atoms with Crippen LogP contribution in [-0.4, -0.2) is 18.6 Å². The number of hydrogen-bond acceptors (Lipinski definition) is 2. The first-order valence-corrected chi connectivity index (χ1v) is 6.25. The van der Waals surface area contributed by atoms with Crippen molar-refractivity contribution < 1.29 is 9.18 Å². The number of rotatable bonds is 2. The van der Waals surface area contributed by atoms with E-state index in [-0.39, 0.29) is 24.3 Å². The SMILES string of the molecule is NCC#Cc1ccc(NC(=O)NC2CCC2)c(F)c1. The van der Waals surface area contributed by atoms with Crippen LogP contribution in [0.2, 0.25) is 0 Å². The van der Waals surface area contributed by atoms with Crippen molar-refractivity contribution >= 4 is 11.7 Å². The van der Waals surface area contributed by atoms with Gasteiger partial charge in [-0.25, -0.2) is 9.18 Å². The molecule has 0 aromatic heterocycles. The molecule has 100 valence electrons. The predicted molar refractivity (Wildman–Crippen MR) is 72.1 cm³/mol. The van der Waals surface area contributed by atoms with Crippen molar-refractivity contribution in [1.29, 1.82) is 0 Å². The first-order chi connectivity index (χ1) is 9.19. The van der Waals surface area contributed by atoms with E-state index >= 15 is 0 Å². The first-order valence-electron chi connectivity index (χ1n) is 6.25. The molecule has 1 aromatic carbocycles. The van der Waals surface area contributed by atoms with Crippen LogP contribution in [-0.2, 0) is 0 Å². The van der Waals surface area contributed by atoms with Crippen molar-refractivity contribution in [3.8, 4) is 11.8 Å². The Morgan fingerprint density at radius 1 is 1.47 bits per heavy atom. The third-order valence-corrected chi connectivity index (χ3v) is 2.99. The Kier molecular flexibility index (Phi) is 4.37. The van der Waals surface area contributed by atoms with Crippen LogP contribution in [0, 0.1) is 17.7 Å². The second-order valence-corrected chi connectivity index (χ2v) is 4.43. The summed E-state index contributed by atoms with van der Waals surface area (Å²) in [6, 6.07) is 4.27. The zero-order valence-corrected chi connectivity index (χ0v) is 10.5. The molecule has 4 N–H and O–H groups in total. The summed E-state index contributed by atoms with van der Waals surface area (Å²) in [5.74, 6) is 4.87. The average molecular weight is 261 g/mol. The lowest BCUT2D eigenvalue weighted by Crippen LogP contribution is -2.41. The third kappa shape index (κ3) is 3.70. The summed E-state index contributed by atoms with van der Waals surface area (Å²) < 4.78 is 13.7. The number of carbonyl (C=O) groups is 1. The molecule has 2 rings (SSSR count). The lowest BCUT2D eigenvalue weighted by molar-refractivity contribution is 0.240. The summed E-state index contributed by atoms with van der Waals surface area (Å²) in [5.41, 5.74) is 5.93. The summed E-state index contributed by atoms with van der Waals surface area (Å²) in [4.78, 5) is 11.6. The summed E-state index contributed by atoms with van der Waals surface area (Å²) in [7, 11) is 0. The number of carbonyl (C=O) groups excluding carboxylic acids is 1. The van der Waals surface area contributed by atoms with Gasteiger partial charge in [-0.05, 0) is 37.5 Å². The van der Waals surface area contributed by atoms with Gasteiger partial charge in [-0.3, -0.25) is 0 Å². The van der Waals surface area contributed by atoms with E-state index in [1.54, 1.807) is 6.07 Å². The number of amides is 2. The summed E-state index contributed by atoms with van der Waals surface area (Å²) >= 11 is 0. The van der Waals surface area contributed by atoms with Gasteiger partial charge in [-0.2, -0.15) is 0 Å². The summed E-state index contributed by atoms with van der Waals surface area (Å²) in [5, 5.41) is 5.27. The maximum absolute atomic E-state index is 13.7. The molecule has 1 aliphatic rings. The van der Waals surface area contributed by atoms with E-state index in [0.717, 1.165) is 19.3 Å². The number of benzene rings is 1. The van der Waals surface area contributed by atoms with Gasteiger partial charge in [0, 0.05) is 11.6 Å². The number of hydrogen-bond donors (Lipinski definition) is 3. The fourth-order valence-corrected chi connectivity index (χ4v) is 1.74. The van der Waals surface area contributed by atoms with Gasteiger partial charge in [-0.15, -0.1) is 0 Å². The minimum absolute atomic E-state index is 0.148. The Morgan fingerprint density at radius 3 is 2.84 bits per heavy atom. The van der Waals surface area contributed by atoms with Crippen molar-refractivity contribution in [1.82, 2.24) is 5.32 Å². The molecule has 0 radical (unpaired) electrons. The molecule has 0 atom stereocenters. The second kappa shape index (κ2) is 6.21. The number of urea groups is 1. The van der Waals surface area contributed by atoms with Gasteiger partial charge >= 0.3 is 6.03 Å². The Morgan fingerprint density at radius 2 is 2.26 bits per heavy atom. The number of halogens is 1. The molecule has 1 saturated carbocycles. The molecule has 0 spiro atoms. The van der Waals surface area contributed by atoms with Gasteiger partial charge in [0.05, 0.1) is 12.2 Å². The number of nitrogens with two attached hydrogens (primary N) is 1. The predicted octanol–water partition coefficient (Wildman–Crippen LogP) is 1.81. The van der Waals surface area contributed by atoms with Gasteiger partial charge < -0.3 is 16.4 Å². The fourth-order valence-electron chi connectivity index (χ4n) is 1.74. The number of anilines is 1. The van der Waals surface area contributed by atoms with Crippen molar-refractivity contribution in [2.75, 3.05) is 11.9 Å². The molecule has 2 amide bonds. The van der Waals surface area contributed by atoms with Gasteiger partial charge in [-0.1, -0.05) is 11.8 Å². The molecule has 0 heterocycles. The molecule has 5 heteroatoms. The van der Waals surface area contributed by atoms with Crippen LogP contribution in [0.15, 0.2) is 18.2 Å². The zero-order chi connectivity index (χ0) is 13.7. The highest BCUT2D eigenvalue weighted by Gasteiger charge is 2.19. The molecule has 0 saturated heterocycles. The van der Waals surface area contributed by atoms with E-state index in [0.29, 0.717) is 5.56 Å². The van der Waals surface area contributed by atoms with Crippen molar-refractivity contribution in [2.24, 2.45) is 5.73 Å². The van der Waals surface area contributed by atoms with Crippen LogP contribution in [0.4, 0.5) is 14.9 Å². The monoisotopic (exact) mass is 261 g/mol. The third-order valence-electron chi connectivity index (χ3n) is 2.99. The van der Waals surface area contributed by atoms with Crippen molar-refractivity contribution in [3.63, 3.8) is 0 Å². The molecule has 1 fully saturated rings. The van der Waals surface area contributed by atoms with Gasteiger partial charge in [0.15, 0.2) is 0 Å². The van der Waals surface area contributed by atoms with Crippen LogP contribution in [0.25, 0.3) is 0 Å². The van der Waals surface area contributed by atoms with E-state index in [9.17, 15) is 9.18 Å². The smallest absolute Gasteiger partial charge is 0.319 e. The van der Waals surface area contributed by atoms with Crippen molar-refractivity contribution in [3.05, 3.63) is 29.6 Å². The quantitative estimate of drug-likeness (QED) is 0.711. The van der Waals surface area contributed by atoms with E-state index in [1.165, 1.54) is 12.1 Å². The van der Waals surface area contributed by atoms with E-state index in [4.69, 9.17) is 5.73 Å². The van der Waals surface area contributed by atoms with Crippen LogP contribution >= 0.6 is 0 Å². The second-order valence-electron chi connectivity index (χ2n) is 4.43. The maximum Gasteiger partial charge on any atom is 0.319 e. The highest BCUT2D eigenvalue weighted by molar-refractivity contribution is 5.89. The summed E-state index contributed by atoms with van der Waals surface area (Å²) in [6.45, 7) is 0.228. The standard InChI is InChI=1S/C14H16FN3O/c15-12-9-10(3-2-8-16)6-7-13(12)18-14(19)17-11-4-1-5-11/h6-7,9,11H,1,4-5,8,16H2,(H2,17,18,19). The molecule has 19 heavy (non-hydrogen) atoms. The lowest BCUT2D eigenvalue weighted by atomic mass is 9.93. The zero-order valence-electron chi connectivity index (χ0n) is 10.5. The molecule has 0 aliphatic heterocycles. The van der Waals surface area contributed by atoms with E-state index in [1.807, 2.05) is 0 Å². The molecule has 0 unspecified atom stereocenters. The topological polar surface area (TPSA) is 67.1 Å². The summed E-state index contributed by atoms with van der Waals surface area (Å²) in [6.07, 6.45) is 3.11. The fraction of sp³-hybridized carbons (Fsp3) is 0.357. The van der Waals surface area contributed by atoms with Crippen LogP contribution in [0.1, 0.15) is 24.8 Å². The van der Waals surface area contributed by atoms with Crippen molar-refractivity contribution in [2.45, 2.75) is 25.3 Å². The molecule has 0 bridgehead atoms. The Hall–Kier alpha value is -2.06. The van der Waals surface area contributed by atoms with E-state index in [2.05, 4.69) is 22.5 Å².